The molecule has 2 N–H and O–H groups in total. The van der Waals surface area contributed by atoms with Gasteiger partial charge >= 0.3 is 0 Å². The van der Waals surface area contributed by atoms with Crippen molar-refractivity contribution in [2.24, 2.45) is 4.99 Å². The molecule has 7 heteroatoms. The molecule has 0 bridgehead atoms. The molecule has 2 aromatic heterocycles. The molecule has 7 nitrogen and oxygen atoms in total. The summed E-state index contributed by atoms with van der Waals surface area (Å²) in [6.07, 6.45) is 3.40. The Morgan fingerprint density at radius 1 is 1.18 bits per heavy atom. The molecule has 0 radical (unpaired) electrons. The Morgan fingerprint density at radius 3 is 2.93 bits per heavy atom. The minimum atomic E-state index is -0.341. The van der Waals surface area contributed by atoms with Gasteiger partial charge in [-0.25, -0.2) is 4.98 Å². The van der Waals surface area contributed by atoms with Crippen molar-refractivity contribution in [3.8, 4) is 5.75 Å². The summed E-state index contributed by atoms with van der Waals surface area (Å²) in [5, 5.41) is 6.15. The van der Waals surface area contributed by atoms with Gasteiger partial charge in [0.25, 0.3) is 5.91 Å². The fourth-order valence-corrected chi connectivity index (χ4v) is 2.93. The lowest BCUT2D eigenvalue weighted by Gasteiger charge is -2.11. The fourth-order valence-electron chi connectivity index (χ4n) is 2.93. The number of carbonyl (C=O) groups is 1. The van der Waals surface area contributed by atoms with Crippen LogP contribution in [0.5, 0.6) is 5.75 Å². The summed E-state index contributed by atoms with van der Waals surface area (Å²) in [4.78, 5) is 25.0. The summed E-state index contributed by atoms with van der Waals surface area (Å²) < 4.78 is 5.41. The van der Waals surface area contributed by atoms with Crippen LogP contribution in [0.3, 0.4) is 0 Å². The van der Waals surface area contributed by atoms with Crippen LogP contribution in [0.2, 0.25) is 0 Å². The zero-order chi connectivity index (χ0) is 19.5. The van der Waals surface area contributed by atoms with Gasteiger partial charge in [0, 0.05) is 18.3 Å². The standard InChI is InChI=1S/C21H19N5O2/c1-13-5-6-14(19(10-13)28-2)12-23-21-25-18(20(27)26-21)11-15-7-8-16-17(24-15)4-3-9-22-16/h3-11H,12H2,1-2H3,(H2,23,25,26,27). The molecular formula is C21H19N5O2. The highest BCUT2D eigenvalue weighted by atomic mass is 16.5. The van der Waals surface area contributed by atoms with E-state index in [0.29, 0.717) is 23.9 Å². The molecule has 0 saturated carbocycles. The molecular weight excluding hydrogens is 354 g/mol. The first kappa shape index (κ1) is 17.7. The highest BCUT2D eigenvalue weighted by molar-refractivity contribution is 6.12. The lowest BCUT2D eigenvalue weighted by atomic mass is 10.1. The number of aryl methyl sites for hydroxylation is 1. The number of benzene rings is 1. The Bertz CT molecular complexity index is 1120. The zero-order valence-electron chi connectivity index (χ0n) is 15.6. The van der Waals surface area contributed by atoms with Crippen molar-refractivity contribution in [3.63, 3.8) is 0 Å². The summed E-state index contributed by atoms with van der Waals surface area (Å²) in [7, 11) is 1.64. The molecule has 1 amide bonds. The minimum Gasteiger partial charge on any atom is -0.496 e. The van der Waals surface area contributed by atoms with Gasteiger partial charge in [0.05, 0.1) is 23.8 Å². The second-order valence-electron chi connectivity index (χ2n) is 6.40. The van der Waals surface area contributed by atoms with Crippen molar-refractivity contribution in [1.82, 2.24) is 20.6 Å². The van der Waals surface area contributed by atoms with Crippen LogP contribution in [0, 0.1) is 6.92 Å². The van der Waals surface area contributed by atoms with Crippen molar-refractivity contribution in [1.29, 1.82) is 0 Å². The maximum atomic E-state index is 12.2. The Balaban J connectivity index is 1.47. The van der Waals surface area contributed by atoms with Crippen molar-refractivity contribution < 1.29 is 9.53 Å². The molecule has 0 spiro atoms. The first-order valence-electron chi connectivity index (χ1n) is 8.83. The number of hydrogen-bond donors (Lipinski definition) is 2. The monoisotopic (exact) mass is 373 g/mol. The molecule has 28 heavy (non-hydrogen) atoms. The average molecular weight is 373 g/mol. The number of methoxy groups -OCH3 is 1. The largest absolute Gasteiger partial charge is 0.496 e. The van der Waals surface area contributed by atoms with Gasteiger partial charge in [-0.05, 0) is 48.9 Å². The van der Waals surface area contributed by atoms with E-state index in [1.54, 1.807) is 19.4 Å². The van der Waals surface area contributed by atoms with Crippen LogP contribution >= 0.6 is 0 Å². The highest BCUT2D eigenvalue weighted by Crippen LogP contribution is 2.20. The zero-order valence-corrected chi connectivity index (χ0v) is 15.6. The van der Waals surface area contributed by atoms with E-state index in [-0.39, 0.29) is 5.91 Å². The fraction of sp³-hybridized carbons (Fsp3) is 0.143. The van der Waals surface area contributed by atoms with Gasteiger partial charge in [-0.15, -0.1) is 0 Å². The Morgan fingerprint density at radius 2 is 2.07 bits per heavy atom. The van der Waals surface area contributed by atoms with Crippen LogP contribution in [0.25, 0.3) is 17.1 Å². The summed E-state index contributed by atoms with van der Waals surface area (Å²) >= 11 is 0. The van der Waals surface area contributed by atoms with Crippen molar-refractivity contribution in [2.45, 2.75) is 13.5 Å². The number of nitrogens with one attached hydrogen (secondary N) is 2. The number of aliphatic imine (C=N–C) groups is 1. The molecule has 1 aliphatic heterocycles. The molecule has 1 aliphatic rings. The Hall–Kier alpha value is -3.74. The second kappa shape index (κ2) is 7.48. The summed E-state index contributed by atoms with van der Waals surface area (Å²) in [5.41, 5.74) is 4.71. The third-order valence-corrected chi connectivity index (χ3v) is 4.36. The maximum absolute atomic E-state index is 12.2. The third-order valence-electron chi connectivity index (χ3n) is 4.36. The third kappa shape index (κ3) is 3.68. The molecule has 140 valence electrons. The topological polar surface area (TPSA) is 88.5 Å². The van der Waals surface area contributed by atoms with Crippen molar-refractivity contribution in [3.05, 3.63) is 71.2 Å². The van der Waals surface area contributed by atoms with E-state index >= 15 is 0 Å². The number of ether oxygens (including phenoxy) is 1. The number of aromatic nitrogens is 2. The second-order valence-corrected chi connectivity index (χ2v) is 6.40. The predicted molar refractivity (Wildman–Crippen MR) is 108 cm³/mol. The van der Waals surface area contributed by atoms with E-state index in [2.05, 4.69) is 25.6 Å². The van der Waals surface area contributed by atoms with Crippen molar-refractivity contribution >= 4 is 29.0 Å². The Kier molecular flexibility index (Phi) is 4.72. The van der Waals surface area contributed by atoms with Gasteiger partial charge in [0.1, 0.15) is 11.4 Å². The van der Waals surface area contributed by atoms with Crippen LogP contribution < -0.4 is 15.4 Å². The number of nitrogens with zero attached hydrogens (tertiary/aromatic N) is 3. The highest BCUT2D eigenvalue weighted by Gasteiger charge is 2.20. The van der Waals surface area contributed by atoms with Crippen LogP contribution in [0.4, 0.5) is 0 Å². The number of fused-ring (bicyclic) bond motifs is 1. The van der Waals surface area contributed by atoms with Crippen LogP contribution in [-0.4, -0.2) is 28.9 Å². The molecule has 0 aliphatic carbocycles. The number of pyridine rings is 2. The number of amides is 1. The molecule has 4 rings (SSSR count). The molecule has 1 aromatic carbocycles. The van der Waals surface area contributed by atoms with Crippen LogP contribution in [0.1, 0.15) is 16.8 Å². The lowest BCUT2D eigenvalue weighted by molar-refractivity contribution is -0.114. The van der Waals surface area contributed by atoms with Gasteiger partial charge in [0.15, 0.2) is 0 Å². The summed E-state index contributed by atoms with van der Waals surface area (Å²) in [5.74, 6) is 0.856. The predicted octanol–water partition coefficient (Wildman–Crippen LogP) is 2.56. The molecule has 3 aromatic rings. The first-order chi connectivity index (χ1) is 13.6. The molecule has 0 unspecified atom stereocenters. The van der Waals surface area contributed by atoms with E-state index in [9.17, 15) is 4.79 Å². The van der Waals surface area contributed by atoms with E-state index in [1.165, 1.54) is 0 Å². The number of rotatable bonds is 4. The molecule has 3 heterocycles. The maximum Gasteiger partial charge on any atom is 0.296 e. The minimum absolute atomic E-state index is 0.341. The van der Waals surface area contributed by atoms with Gasteiger partial charge in [-0.1, -0.05) is 12.1 Å². The van der Waals surface area contributed by atoms with E-state index in [0.717, 1.165) is 27.9 Å². The van der Waals surface area contributed by atoms with Gasteiger partial charge in [-0.3, -0.25) is 9.78 Å². The summed E-state index contributed by atoms with van der Waals surface area (Å²) in [6.45, 7) is 2.49. The molecule has 0 fully saturated rings. The number of carbonyl (C=O) groups excluding carboxylic acids is 1. The smallest absolute Gasteiger partial charge is 0.296 e. The quantitative estimate of drug-likeness (QED) is 0.684. The van der Waals surface area contributed by atoms with Crippen molar-refractivity contribution in [2.75, 3.05) is 7.11 Å². The van der Waals surface area contributed by atoms with E-state index in [4.69, 9.17) is 4.74 Å². The SMILES string of the molecule is COc1cc(C)ccc1CNC1=NC(=O)C(=Cc2ccc3ncccc3n2)N1. The van der Waals surface area contributed by atoms with Gasteiger partial charge in [-0.2, -0.15) is 4.99 Å². The first-order valence-corrected chi connectivity index (χ1v) is 8.83. The average Bonchev–Trinajstić information content (AvgIpc) is 3.06. The normalized spacial score (nSPS) is 14.9. The van der Waals surface area contributed by atoms with Gasteiger partial charge in [0.2, 0.25) is 5.96 Å². The van der Waals surface area contributed by atoms with Crippen LogP contribution in [0.15, 0.2) is 59.4 Å². The van der Waals surface area contributed by atoms with Crippen LogP contribution in [-0.2, 0) is 11.3 Å². The number of hydrogen-bond acceptors (Lipinski definition) is 6. The number of guanidine groups is 1. The van der Waals surface area contributed by atoms with E-state index in [1.807, 2.05) is 49.4 Å². The molecule has 0 atom stereocenters. The van der Waals surface area contributed by atoms with E-state index < -0.39 is 0 Å². The Labute approximate surface area is 162 Å². The van der Waals surface area contributed by atoms with Gasteiger partial charge < -0.3 is 15.4 Å². The summed E-state index contributed by atoms with van der Waals surface area (Å²) in [6, 6.07) is 13.4. The lowest BCUT2D eigenvalue weighted by Crippen LogP contribution is -2.32. The molecule has 0 saturated heterocycles.